The van der Waals surface area contributed by atoms with Gasteiger partial charge in [-0.25, -0.2) is 9.79 Å². The highest BCUT2D eigenvalue weighted by Gasteiger charge is 2.33. The van der Waals surface area contributed by atoms with Crippen LogP contribution in [0.4, 0.5) is 0 Å². The van der Waals surface area contributed by atoms with Crippen LogP contribution in [0.5, 0.6) is 5.75 Å². The number of allylic oxidation sites excluding steroid dienone is 1. The number of benzene rings is 2. The van der Waals surface area contributed by atoms with E-state index in [1.807, 2.05) is 49.4 Å². The molecule has 0 fully saturated rings. The van der Waals surface area contributed by atoms with Crippen LogP contribution in [0.15, 0.2) is 66.4 Å². The third-order valence-electron chi connectivity index (χ3n) is 5.51. The van der Waals surface area contributed by atoms with Crippen molar-refractivity contribution in [3.05, 3.63) is 93.0 Å². The minimum atomic E-state index is -0.650. The first-order valence-corrected chi connectivity index (χ1v) is 13.4. The number of hydrogen-bond acceptors (Lipinski definition) is 7. The van der Waals surface area contributed by atoms with Crippen LogP contribution in [0.25, 0.3) is 6.08 Å². The zero-order valence-corrected chi connectivity index (χ0v) is 23.7. The number of thiazole rings is 1. The Morgan fingerprint density at radius 2 is 1.89 bits per heavy atom. The number of rotatable bonds is 6. The fraction of sp³-hybridized carbons (Fsp3) is 0.231. The average molecular weight is 631 g/mol. The van der Waals surface area contributed by atoms with Crippen LogP contribution >= 0.6 is 43.2 Å². The molecular formula is C26H21Br2N3O4S. The number of halogens is 2. The van der Waals surface area contributed by atoms with Gasteiger partial charge in [0.05, 0.1) is 37.4 Å². The summed E-state index contributed by atoms with van der Waals surface area (Å²) in [7, 11) is 0. The number of carbonyl (C=O) groups excluding carboxylic acids is 1. The van der Waals surface area contributed by atoms with Gasteiger partial charge in [-0.2, -0.15) is 5.26 Å². The van der Waals surface area contributed by atoms with Gasteiger partial charge >= 0.3 is 5.97 Å². The number of hydrogen-bond donors (Lipinski definition) is 0. The summed E-state index contributed by atoms with van der Waals surface area (Å²) in [6.45, 7) is 5.62. The summed E-state index contributed by atoms with van der Waals surface area (Å²) in [5.74, 6) is 0.0173. The average Bonchev–Trinajstić information content (AvgIpc) is 3.12. The molecule has 7 nitrogen and oxygen atoms in total. The van der Waals surface area contributed by atoms with E-state index in [0.717, 1.165) is 16.7 Å². The summed E-state index contributed by atoms with van der Waals surface area (Å²) >= 11 is 8.19. The Labute approximate surface area is 228 Å². The molecule has 0 spiro atoms. The topological polar surface area (TPSA) is 93.7 Å². The van der Waals surface area contributed by atoms with Crippen molar-refractivity contribution in [1.82, 2.24) is 4.57 Å². The Balaban J connectivity index is 1.89. The Morgan fingerprint density at radius 1 is 1.22 bits per heavy atom. The predicted octanol–water partition coefficient (Wildman–Crippen LogP) is 4.53. The first kappa shape index (κ1) is 26.1. The first-order chi connectivity index (χ1) is 17.2. The molecule has 1 aliphatic heterocycles. The fourth-order valence-electron chi connectivity index (χ4n) is 3.91. The van der Waals surface area contributed by atoms with Crippen molar-refractivity contribution >= 4 is 55.2 Å². The SMILES string of the molecule is CCOC(=O)C1=C(C)N=c2s/c(=C/c3cc(Br)c(OCC#N)c(Br)c3)c(=O)n2[C@@H]1c1ccc(C)cc1. The maximum atomic E-state index is 13.7. The molecule has 4 rings (SSSR count). The summed E-state index contributed by atoms with van der Waals surface area (Å²) in [5.41, 5.74) is 3.24. The quantitative estimate of drug-likeness (QED) is 0.373. The molecule has 2 aromatic carbocycles. The lowest BCUT2D eigenvalue weighted by Gasteiger charge is -2.24. The zero-order valence-electron chi connectivity index (χ0n) is 19.7. The minimum Gasteiger partial charge on any atom is -0.476 e. The van der Waals surface area contributed by atoms with Crippen molar-refractivity contribution in [2.75, 3.05) is 13.2 Å². The molecule has 0 saturated heterocycles. The van der Waals surface area contributed by atoms with E-state index in [0.29, 0.717) is 35.3 Å². The van der Waals surface area contributed by atoms with E-state index in [-0.39, 0.29) is 18.8 Å². The van der Waals surface area contributed by atoms with Gasteiger partial charge in [-0.15, -0.1) is 0 Å². The maximum absolute atomic E-state index is 13.7. The normalized spacial score (nSPS) is 15.2. The zero-order chi connectivity index (χ0) is 26.0. The maximum Gasteiger partial charge on any atom is 0.338 e. The number of aromatic nitrogens is 1. The second kappa shape index (κ2) is 10.9. The smallest absolute Gasteiger partial charge is 0.338 e. The molecule has 0 saturated carbocycles. The summed E-state index contributed by atoms with van der Waals surface area (Å²) < 4.78 is 14.1. The molecule has 1 aliphatic rings. The molecule has 0 radical (unpaired) electrons. The van der Waals surface area contributed by atoms with E-state index in [1.165, 1.54) is 11.3 Å². The molecule has 184 valence electrons. The molecule has 3 aromatic rings. The van der Waals surface area contributed by atoms with Crippen molar-refractivity contribution < 1.29 is 14.3 Å². The second-order valence-electron chi connectivity index (χ2n) is 7.97. The van der Waals surface area contributed by atoms with Gasteiger partial charge in [0.15, 0.2) is 11.4 Å². The van der Waals surface area contributed by atoms with E-state index < -0.39 is 12.0 Å². The van der Waals surface area contributed by atoms with Crippen molar-refractivity contribution in [3.8, 4) is 11.8 Å². The number of nitrogens with zero attached hydrogens (tertiary/aromatic N) is 3. The van der Waals surface area contributed by atoms with Gasteiger partial charge in [0.1, 0.15) is 11.8 Å². The number of ether oxygens (including phenoxy) is 2. The summed E-state index contributed by atoms with van der Waals surface area (Å²) in [5, 5.41) is 8.80. The van der Waals surface area contributed by atoms with Crippen LogP contribution in [-0.2, 0) is 9.53 Å². The van der Waals surface area contributed by atoms with Crippen LogP contribution < -0.4 is 19.6 Å². The number of nitriles is 1. The number of aryl methyl sites for hydroxylation is 1. The van der Waals surface area contributed by atoms with Gasteiger partial charge < -0.3 is 9.47 Å². The molecule has 0 bridgehead atoms. The highest BCUT2D eigenvalue weighted by molar-refractivity contribution is 9.11. The predicted molar refractivity (Wildman–Crippen MR) is 145 cm³/mol. The molecule has 0 aliphatic carbocycles. The monoisotopic (exact) mass is 629 g/mol. The van der Waals surface area contributed by atoms with Gasteiger partial charge in [0.25, 0.3) is 5.56 Å². The number of carbonyl (C=O) groups is 1. The molecular weight excluding hydrogens is 610 g/mol. The lowest BCUT2D eigenvalue weighted by atomic mass is 9.95. The molecule has 0 amide bonds. The third kappa shape index (κ3) is 5.09. The third-order valence-corrected chi connectivity index (χ3v) is 7.67. The van der Waals surface area contributed by atoms with Crippen LogP contribution in [0.3, 0.4) is 0 Å². The van der Waals surface area contributed by atoms with E-state index in [9.17, 15) is 9.59 Å². The Hall–Kier alpha value is -3.00. The fourth-order valence-corrected chi connectivity index (χ4v) is 6.41. The van der Waals surface area contributed by atoms with Crippen LogP contribution in [0.1, 0.15) is 36.6 Å². The van der Waals surface area contributed by atoms with E-state index in [2.05, 4.69) is 36.9 Å². The van der Waals surface area contributed by atoms with Gasteiger partial charge in [0, 0.05) is 0 Å². The highest BCUT2D eigenvalue weighted by atomic mass is 79.9. The molecule has 0 unspecified atom stereocenters. The van der Waals surface area contributed by atoms with Crippen LogP contribution in [0, 0.1) is 18.3 Å². The van der Waals surface area contributed by atoms with Crippen LogP contribution in [0.2, 0.25) is 0 Å². The van der Waals surface area contributed by atoms with Crippen molar-refractivity contribution in [2.45, 2.75) is 26.8 Å². The highest BCUT2D eigenvalue weighted by Crippen LogP contribution is 2.35. The summed E-state index contributed by atoms with van der Waals surface area (Å²) in [6.07, 6.45) is 1.77. The van der Waals surface area contributed by atoms with Crippen LogP contribution in [-0.4, -0.2) is 23.8 Å². The van der Waals surface area contributed by atoms with Gasteiger partial charge in [0.2, 0.25) is 0 Å². The van der Waals surface area contributed by atoms with Crippen molar-refractivity contribution in [1.29, 1.82) is 5.26 Å². The van der Waals surface area contributed by atoms with E-state index in [1.54, 1.807) is 24.5 Å². The van der Waals surface area contributed by atoms with Crippen molar-refractivity contribution in [2.24, 2.45) is 4.99 Å². The molecule has 0 N–H and O–H groups in total. The van der Waals surface area contributed by atoms with E-state index >= 15 is 0 Å². The number of fused-ring (bicyclic) bond motifs is 1. The van der Waals surface area contributed by atoms with Gasteiger partial charge in [-0.3, -0.25) is 9.36 Å². The summed E-state index contributed by atoms with van der Waals surface area (Å²) in [6, 6.07) is 12.7. The lowest BCUT2D eigenvalue weighted by molar-refractivity contribution is -0.139. The molecule has 10 heteroatoms. The standard InChI is InChI=1S/C26H21Br2N3O4S/c1-4-34-25(33)21-15(3)30-26-31(22(21)17-7-5-14(2)6-8-17)24(32)20(36-26)13-16-11-18(27)23(19(28)12-16)35-10-9-29/h5-8,11-13,22H,4,10H2,1-3H3/b20-13+/t22-/m1/s1. The Morgan fingerprint density at radius 3 is 2.50 bits per heavy atom. The Bertz CT molecular complexity index is 1570. The molecule has 1 atom stereocenters. The van der Waals surface area contributed by atoms with Gasteiger partial charge in [-0.1, -0.05) is 41.2 Å². The molecule has 36 heavy (non-hydrogen) atoms. The minimum absolute atomic E-state index is 0.0870. The Kier molecular flexibility index (Phi) is 7.93. The second-order valence-corrected chi connectivity index (χ2v) is 10.7. The van der Waals surface area contributed by atoms with E-state index in [4.69, 9.17) is 14.7 Å². The van der Waals surface area contributed by atoms with Crippen molar-refractivity contribution in [3.63, 3.8) is 0 Å². The number of esters is 1. The molecule has 1 aromatic heterocycles. The molecule has 2 heterocycles. The lowest BCUT2D eigenvalue weighted by Crippen LogP contribution is -2.39. The van der Waals surface area contributed by atoms with Gasteiger partial charge in [-0.05, 0) is 82.0 Å². The summed E-state index contributed by atoms with van der Waals surface area (Å²) in [4.78, 5) is 31.8. The largest absolute Gasteiger partial charge is 0.476 e. The first-order valence-electron chi connectivity index (χ1n) is 11.0.